The van der Waals surface area contributed by atoms with Crippen molar-refractivity contribution in [2.75, 3.05) is 20.5 Å². The molecule has 1 amide bonds. The number of methoxy groups -OCH3 is 2. The van der Waals surface area contributed by atoms with Gasteiger partial charge in [-0.25, -0.2) is 0 Å². The van der Waals surface area contributed by atoms with Crippen LogP contribution in [-0.4, -0.2) is 26.4 Å². The summed E-state index contributed by atoms with van der Waals surface area (Å²) in [5.41, 5.74) is 1.60. The lowest BCUT2D eigenvalue weighted by atomic mass is 10.1. The molecule has 0 fully saturated rings. The summed E-state index contributed by atoms with van der Waals surface area (Å²) in [6.45, 7) is 1.97. The van der Waals surface area contributed by atoms with Gasteiger partial charge >= 0.3 is 0 Å². The van der Waals surface area contributed by atoms with Crippen LogP contribution in [0.25, 0.3) is 0 Å². The Morgan fingerprint density at radius 2 is 1.70 bits per heavy atom. The smallest absolute Gasteiger partial charge is 0.251 e. The Morgan fingerprint density at radius 1 is 1.04 bits per heavy atom. The summed E-state index contributed by atoms with van der Waals surface area (Å²) < 4.78 is 10.4. The zero-order valence-electron chi connectivity index (χ0n) is 13.8. The molecular weight excluding hydrogens is 310 g/mol. The van der Waals surface area contributed by atoms with Crippen LogP contribution in [0.1, 0.15) is 28.9 Å². The van der Waals surface area contributed by atoms with E-state index in [4.69, 9.17) is 9.47 Å². The summed E-state index contributed by atoms with van der Waals surface area (Å²) in [5.74, 6) is 0.995. The monoisotopic (exact) mass is 331 g/mol. The van der Waals surface area contributed by atoms with E-state index >= 15 is 0 Å². The summed E-state index contributed by atoms with van der Waals surface area (Å²) >= 11 is 1.69. The number of thioether (sulfide) groups is 1. The third kappa shape index (κ3) is 4.20. The zero-order valence-corrected chi connectivity index (χ0v) is 14.6. The largest absolute Gasteiger partial charge is 0.493 e. The van der Waals surface area contributed by atoms with Gasteiger partial charge in [0.15, 0.2) is 11.5 Å². The Bertz CT molecular complexity index is 670. The molecule has 0 aliphatic heterocycles. The number of carbonyl (C=O) groups is 1. The van der Waals surface area contributed by atoms with E-state index in [1.165, 1.54) is 4.90 Å². The molecule has 23 heavy (non-hydrogen) atoms. The van der Waals surface area contributed by atoms with Crippen LogP contribution in [0.2, 0.25) is 0 Å². The lowest BCUT2D eigenvalue weighted by molar-refractivity contribution is 0.0939. The van der Waals surface area contributed by atoms with Crippen molar-refractivity contribution in [1.29, 1.82) is 0 Å². The molecular formula is C18H21NO3S. The number of ether oxygens (including phenoxy) is 2. The normalized spacial score (nSPS) is 11.7. The van der Waals surface area contributed by atoms with Gasteiger partial charge in [0.05, 0.1) is 20.3 Å². The fraction of sp³-hybridized carbons (Fsp3) is 0.278. The molecule has 2 aromatic rings. The third-order valence-electron chi connectivity index (χ3n) is 3.61. The number of benzene rings is 2. The molecule has 0 aromatic heterocycles. The van der Waals surface area contributed by atoms with Gasteiger partial charge in [-0.3, -0.25) is 4.79 Å². The first-order valence-corrected chi connectivity index (χ1v) is 8.48. The molecule has 0 unspecified atom stereocenters. The highest BCUT2D eigenvalue weighted by Crippen LogP contribution is 2.28. The topological polar surface area (TPSA) is 47.6 Å². The molecule has 0 bridgehead atoms. The van der Waals surface area contributed by atoms with Crippen molar-refractivity contribution in [3.63, 3.8) is 0 Å². The lowest BCUT2D eigenvalue weighted by Gasteiger charge is -2.15. The van der Waals surface area contributed by atoms with Gasteiger partial charge in [-0.05, 0) is 49.1 Å². The predicted molar refractivity (Wildman–Crippen MR) is 93.7 cm³/mol. The van der Waals surface area contributed by atoms with Crippen molar-refractivity contribution in [3.8, 4) is 11.5 Å². The summed E-state index contributed by atoms with van der Waals surface area (Å²) in [4.78, 5) is 13.6. The van der Waals surface area contributed by atoms with Gasteiger partial charge in [-0.15, -0.1) is 11.8 Å². The second-order valence-electron chi connectivity index (χ2n) is 5.04. The van der Waals surface area contributed by atoms with Gasteiger partial charge in [0, 0.05) is 10.5 Å². The van der Waals surface area contributed by atoms with Crippen molar-refractivity contribution in [2.45, 2.75) is 17.9 Å². The van der Waals surface area contributed by atoms with E-state index in [9.17, 15) is 4.79 Å². The van der Waals surface area contributed by atoms with Crippen LogP contribution >= 0.6 is 11.8 Å². The first-order valence-electron chi connectivity index (χ1n) is 7.26. The maximum atomic E-state index is 12.4. The van der Waals surface area contributed by atoms with Crippen molar-refractivity contribution in [3.05, 3.63) is 53.6 Å². The Labute approximate surface area is 141 Å². The van der Waals surface area contributed by atoms with Crippen LogP contribution < -0.4 is 14.8 Å². The Kier molecular flexibility index (Phi) is 5.93. The summed E-state index contributed by atoms with van der Waals surface area (Å²) in [7, 11) is 3.12. The maximum absolute atomic E-state index is 12.4. The molecule has 0 aliphatic carbocycles. The van der Waals surface area contributed by atoms with Crippen molar-refractivity contribution in [1.82, 2.24) is 5.32 Å². The average Bonchev–Trinajstić information content (AvgIpc) is 2.60. The highest BCUT2D eigenvalue weighted by atomic mass is 32.2. The van der Waals surface area contributed by atoms with Crippen molar-refractivity contribution in [2.24, 2.45) is 0 Å². The molecule has 2 aromatic carbocycles. The number of nitrogens with one attached hydrogen (secondary N) is 1. The minimum Gasteiger partial charge on any atom is -0.493 e. The standard InChI is InChI=1S/C18H21NO3S/c1-12(13-5-8-15(23-4)9-6-13)19-18(20)14-7-10-16(21-2)17(11-14)22-3/h5-12H,1-4H3,(H,19,20)/t12-/m1/s1. The number of amides is 1. The Hall–Kier alpha value is -2.14. The fourth-order valence-electron chi connectivity index (χ4n) is 2.23. The summed E-state index contributed by atoms with van der Waals surface area (Å²) in [6, 6.07) is 13.2. The first-order chi connectivity index (χ1) is 11.1. The van der Waals surface area contributed by atoms with Crippen LogP contribution in [0, 0.1) is 0 Å². The second-order valence-corrected chi connectivity index (χ2v) is 5.92. The number of hydrogen-bond donors (Lipinski definition) is 1. The first kappa shape index (κ1) is 17.2. The lowest BCUT2D eigenvalue weighted by Crippen LogP contribution is -2.26. The highest BCUT2D eigenvalue weighted by Gasteiger charge is 2.14. The third-order valence-corrected chi connectivity index (χ3v) is 4.35. The molecule has 2 rings (SSSR count). The second kappa shape index (κ2) is 7.92. The molecule has 5 heteroatoms. The van der Waals surface area contributed by atoms with Crippen LogP contribution in [0.4, 0.5) is 0 Å². The van der Waals surface area contributed by atoms with E-state index in [1.807, 2.05) is 25.3 Å². The molecule has 1 atom stereocenters. The maximum Gasteiger partial charge on any atom is 0.251 e. The molecule has 0 spiro atoms. The van der Waals surface area contributed by atoms with E-state index in [-0.39, 0.29) is 11.9 Å². The van der Waals surface area contributed by atoms with Gasteiger partial charge in [-0.1, -0.05) is 12.1 Å². The predicted octanol–water partition coefficient (Wildman–Crippen LogP) is 3.92. The number of hydrogen-bond acceptors (Lipinski definition) is 4. The molecule has 4 nitrogen and oxygen atoms in total. The average molecular weight is 331 g/mol. The van der Waals surface area contributed by atoms with Crippen LogP contribution in [0.3, 0.4) is 0 Å². The van der Waals surface area contributed by atoms with Gasteiger partial charge < -0.3 is 14.8 Å². The zero-order chi connectivity index (χ0) is 16.8. The molecule has 0 aliphatic rings. The van der Waals surface area contributed by atoms with Crippen molar-refractivity contribution < 1.29 is 14.3 Å². The molecule has 1 N–H and O–H groups in total. The minimum absolute atomic E-state index is 0.0773. The van der Waals surface area contributed by atoms with Gasteiger partial charge in [-0.2, -0.15) is 0 Å². The molecule has 0 saturated heterocycles. The molecule has 122 valence electrons. The minimum atomic E-state index is -0.146. The molecule has 0 heterocycles. The van der Waals surface area contributed by atoms with Crippen LogP contribution in [0.5, 0.6) is 11.5 Å². The molecule has 0 saturated carbocycles. The van der Waals surface area contributed by atoms with E-state index in [1.54, 1.807) is 44.2 Å². The van der Waals surface area contributed by atoms with E-state index in [0.29, 0.717) is 17.1 Å². The quantitative estimate of drug-likeness (QED) is 0.815. The molecule has 0 radical (unpaired) electrons. The fourth-order valence-corrected chi connectivity index (χ4v) is 2.64. The summed E-state index contributed by atoms with van der Waals surface area (Å²) in [5, 5.41) is 3.00. The van der Waals surface area contributed by atoms with E-state index in [0.717, 1.165) is 5.56 Å². The SMILES string of the molecule is COc1ccc(C(=O)N[C@H](C)c2ccc(SC)cc2)cc1OC. The number of rotatable bonds is 6. The van der Waals surface area contributed by atoms with Gasteiger partial charge in [0.25, 0.3) is 5.91 Å². The van der Waals surface area contributed by atoms with Gasteiger partial charge in [0.1, 0.15) is 0 Å². The van der Waals surface area contributed by atoms with E-state index < -0.39 is 0 Å². The van der Waals surface area contributed by atoms with E-state index in [2.05, 4.69) is 17.4 Å². The Morgan fingerprint density at radius 3 is 2.26 bits per heavy atom. The van der Waals surface area contributed by atoms with Crippen LogP contribution in [0.15, 0.2) is 47.4 Å². The van der Waals surface area contributed by atoms with Crippen LogP contribution in [-0.2, 0) is 0 Å². The number of carbonyl (C=O) groups excluding carboxylic acids is 1. The highest BCUT2D eigenvalue weighted by molar-refractivity contribution is 7.98. The summed E-state index contributed by atoms with van der Waals surface area (Å²) in [6.07, 6.45) is 2.04. The Balaban J connectivity index is 2.11. The van der Waals surface area contributed by atoms with Gasteiger partial charge in [0.2, 0.25) is 0 Å². The van der Waals surface area contributed by atoms with Crippen molar-refractivity contribution >= 4 is 17.7 Å².